The molecule has 1 aromatic heterocycles. The molecule has 0 aliphatic heterocycles. The third-order valence-corrected chi connectivity index (χ3v) is 5.83. The van der Waals surface area contributed by atoms with Crippen LogP contribution in [-0.4, -0.2) is 15.0 Å². The van der Waals surface area contributed by atoms with E-state index in [9.17, 15) is 12.8 Å². The molecule has 0 saturated heterocycles. The molecule has 0 bridgehead atoms. The summed E-state index contributed by atoms with van der Waals surface area (Å²) in [4.78, 5) is 0. The first-order valence-electron chi connectivity index (χ1n) is 6.19. The van der Waals surface area contributed by atoms with Crippen LogP contribution in [0.2, 0.25) is 5.02 Å². The Morgan fingerprint density at radius 2 is 2.14 bits per heavy atom. The predicted molar refractivity (Wildman–Crippen MR) is 83.9 cm³/mol. The molecule has 0 fully saturated rings. The first-order chi connectivity index (χ1) is 9.94. The fourth-order valence-electron chi connectivity index (χ4n) is 1.64. The molecule has 4 nitrogen and oxygen atoms in total. The van der Waals surface area contributed by atoms with E-state index in [0.29, 0.717) is 6.54 Å². The van der Waals surface area contributed by atoms with Crippen molar-refractivity contribution >= 4 is 38.6 Å². The lowest BCUT2D eigenvalue weighted by atomic mass is 10.3. The summed E-state index contributed by atoms with van der Waals surface area (Å²) in [5, 5.41) is 4.87. The van der Waals surface area contributed by atoms with Gasteiger partial charge in [0.15, 0.2) is 0 Å². The molecular weight excluding hydrogens is 335 g/mol. The maximum atomic E-state index is 13.7. The average molecular weight is 349 g/mol. The van der Waals surface area contributed by atoms with Gasteiger partial charge in [0.2, 0.25) is 0 Å². The number of hydrogen-bond donors (Lipinski definition) is 2. The molecule has 0 spiro atoms. The second-order valence-electron chi connectivity index (χ2n) is 4.26. The van der Waals surface area contributed by atoms with Gasteiger partial charge in [-0.15, -0.1) is 11.3 Å². The number of thiophene rings is 1. The number of para-hydroxylation sites is 1. The van der Waals surface area contributed by atoms with Crippen molar-refractivity contribution in [2.45, 2.75) is 17.7 Å². The Morgan fingerprint density at radius 1 is 1.38 bits per heavy atom. The van der Waals surface area contributed by atoms with E-state index in [1.807, 2.05) is 6.92 Å². The summed E-state index contributed by atoms with van der Waals surface area (Å²) in [7, 11) is -3.85. The maximum absolute atomic E-state index is 13.7. The number of anilines is 1. The first kappa shape index (κ1) is 16.2. The van der Waals surface area contributed by atoms with Crippen molar-refractivity contribution in [3.63, 3.8) is 0 Å². The largest absolute Gasteiger partial charge is 0.313 e. The molecule has 2 N–H and O–H groups in total. The Balaban J connectivity index is 2.24. The van der Waals surface area contributed by atoms with E-state index in [-0.39, 0.29) is 14.9 Å². The van der Waals surface area contributed by atoms with Crippen molar-refractivity contribution in [2.24, 2.45) is 0 Å². The van der Waals surface area contributed by atoms with Crippen molar-refractivity contribution in [2.75, 3.05) is 11.3 Å². The van der Waals surface area contributed by atoms with Gasteiger partial charge in [0.05, 0.1) is 5.02 Å². The van der Waals surface area contributed by atoms with Crippen LogP contribution in [0.1, 0.15) is 12.5 Å². The van der Waals surface area contributed by atoms with E-state index in [1.165, 1.54) is 12.1 Å². The van der Waals surface area contributed by atoms with Crippen LogP contribution in [0, 0.1) is 5.82 Å². The van der Waals surface area contributed by atoms with E-state index < -0.39 is 15.8 Å². The van der Waals surface area contributed by atoms with Crippen LogP contribution in [0.4, 0.5) is 10.1 Å². The van der Waals surface area contributed by atoms with Gasteiger partial charge in [0.1, 0.15) is 15.7 Å². The molecule has 0 saturated carbocycles. The summed E-state index contributed by atoms with van der Waals surface area (Å²) >= 11 is 6.91. The number of halogens is 2. The van der Waals surface area contributed by atoms with Gasteiger partial charge in [-0.3, -0.25) is 4.72 Å². The fraction of sp³-hybridized carbons (Fsp3) is 0.231. The number of hydrogen-bond acceptors (Lipinski definition) is 4. The standard InChI is InChI=1S/C13H14ClFN2O2S2/c1-2-16-7-9-6-12(20-8-9)21(18,19)17-13-10(14)4-3-5-11(13)15/h3-6,8,16-17H,2,7H2,1H3. The number of nitrogens with one attached hydrogen (secondary N) is 2. The highest BCUT2D eigenvalue weighted by molar-refractivity contribution is 7.94. The molecule has 1 heterocycles. The SMILES string of the molecule is CCNCc1csc(S(=O)(=O)Nc2c(F)cccc2Cl)c1. The Morgan fingerprint density at radius 3 is 2.81 bits per heavy atom. The Labute approximate surface area is 132 Å². The highest BCUT2D eigenvalue weighted by Gasteiger charge is 2.20. The first-order valence-corrected chi connectivity index (χ1v) is 8.93. The zero-order chi connectivity index (χ0) is 15.5. The lowest BCUT2D eigenvalue weighted by molar-refractivity contribution is 0.600. The molecule has 1 aromatic carbocycles. The normalized spacial score (nSPS) is 11.6. The van der Waals surface area contributed by atoms with Crippen LogP contribution >= 0.6 is 22.9 Å². The lowest BCUT2D eigenvalue weighted by Crippen LogP contribution is -2.13. The summed E-state index contributed by atoms with van der Waals surface area (Å²) in [6.07, 6.45) is 0. The van der Waals surface area contributed by atoms with Gasteiger partial charge in [0.25, 0.3) is 10.0 Å². The van der Waals surface area contributed by atoms with Crippen molar-refractivity contribution in [1.82, 2.24) is 5.32 Å². The van der Waals surface area contributed by atoms with Crippen LogP contribution in [0.3, 0.4) is 0 Å². The highest BCUT2D eigenvalue weighted by atomic mass is 35.5. The number of benzene rings is 1. The molecule has 0 atom stereocenters. The monoisotopic (exact) mass is 348 g/mol. The van der Waals surface area contributed by atoms with Crippen molar-refractivity contribution in [3.05, 3.63) is 46.0 Å². The topological polar surface area (TPSA) is 58.2 Å². The summed E-state index contributed by atoms with van der Waals surface area (Å²) in [6, 6.07) is 5.54. The van der Waals surface area contributed by atoms with Crippen LogP contribution < -0.4 is 10.0 Å². The smallest absolute Gasteiger partial charge is 0.271 e. The van der Waals surface area contributed by atoms with Crippen LogP contribution in [0.5, 0.6) is 0 Å². The van der Waals surface area contributed by atoms with Crippen molar-refractivity contribution < 1.29 is 12.8 Å². The van der Waals surface area contributed by atoms with Gasteiger partial charge in [-0.1, -0.05) is 24.6 Å². The quantitative estimate of drug-likeness (QED) is 0.840. The predicted octanol–water partition coefficient (Wildman–Crippen LogP) is 3.45. The van der Waals surface area contributed by atoms with E-state index in [0.717, 1.165) is 29.5 Å². The average Bonchev–Trinajstić information content (AvgIpc) is 2.90. The fourth-order valence-corrected chi connectivity index (χ4v) is 4.20. The molecule has 8 heteroatoms. The van der Waals surface area contributed by atoms with Gasteiger partial charge < -0.3 is 5.32 Å². The number of rotatable bonds is 6. The molecule has 21 heavy (non-hydrogen) atoms. The van der Waals surface area contributed by atoms with Gasteiger partial charge in [0, 0.05) is 6.54 Å². The van der Waals surface area contributed by atoms with Crippen molar-refractivity contribution in [1.29, 1.82) is 0 Å². The summed E-state index contributed by atoms with van der Waals surface area (Å²) in [5.41, 5.74) is 0.627. The molecule has 0 aliphatic rings. The minimum Gasteiger partial charge on any atom is -0.313 e. The second-order valence-corrected chi connectivity index (χ2v) is 7.48. The Kier molecular flexibility index (Phi) is 5.21. The molecule has 114 valence electrons. The second kappa shape index (κ2) is 6.74. The van der Waals surface area contributed by atoms with Crippen molar-refractivity contribution in [3.8, 4) is 0 Å². The molecular formula is C13H14ClFN2O2S2. The minimum absolute atomic E-state index is 0.0167. The summed E-state index contributed by atoms with van der Waals surface area (Å²) in [6.45, 7) is 3.34. The van der Waals surface area contributed by atoms with Crippen LogP contribution in [-0.2, 0) is 16.6 Å². The third kappa shape index (κ3) is 3.94. The van der Waals surface area contributed by atoms with Gasteiger partial charge in [-0.25, -0.2) is 12.8 Å². The van der Waals surface area contributed by atoms with E-state index >= 15 is 0 Å². The maximum Gasteiger partial charge on any atom is 0.271 e. The van der Waals surface area contributed by atoms with Gasteiger partial charge >= 0.3 is 0 Å². The van der Waals surface area contributed by atoms with Gasteiger partial charge in [-0.2, -0.15) is 0 Å². The van der Waals surface area contributed by atoms with Crippen LogP contribution in [0.15, 0.2) is 33.9 Å². The highest BCUT2D eigenvalue weighted by Crippen LogP contribution is 2.29. The van der Waals surface area contributed by atoms with Gasteiger partial charge in [-0.05, 0) is 35.7 Å². The molecule has 0 unspecified atom stereocenters. The Bertz CT molecular complexity index is 711. The van der Waals surface area contributed by atoms with E-state index in [2.05, 4.69) is 10.0 Å². The molecule has 2 rings (SSSR count). The van der Waals surface area contributed by atoms with Crippen LogP contribution in [0.25, 0.3) is 0 Å². The zero-order valence-electron chi connectivity index (χ0n) is 11.2. The lowest BCUT2D eigenvalue weighted by Gasteiger charge is -2.08. The van der Waals surface area contributed by atoms with E-state index in [1.54, 1.807) is 11.4 Å². The molecule has 0 aliphatic carbocycles. The molecule has 0 radical (unpaired) electrons. The zero-order valence-corrected chi connectivity index (χ0v) is 13.6. The Hall–Kier alpha value is -1.15. The minimum atomic E-state index is -3.85. The summed E-state index contributed by atoms with van der Waals surface area (Å²) in [5.74, 6) is -0.712. The van der Waals surface area contributed by atoms with E-state index in [4.69, 9.17) is 11.6 Å². The molecule has 2 aromatic rings. The third-order valence-electron chi connectivity index (χ3n) is 2.67. The number of sulfonamides is 1. The summed E-state index contributed by atoms with van der Waals surface area (Å²) < 4.78 is 40.5. The molecule has 0 amide bonds.